The van der Waals surface area contributed by atoms with Gasteiger partial charge in [0.2, 0.25) is 11.8 Å². The van der Waals surface area contributed by atoms with Crippen molar-refractivity contribution in [3.63, 3.8) is 0 Å². The summed E-state index contributed by atoms with van der Waals surface area (Å²) in [4.78, 5) is 26.6. The monoisotopic (exact) mass is 438 g/mol. The van der Waals surface area contributed by atoms with Gasteiger partial charge in [0.05, 0.1) is 10.0 Å². The molecule has 2 aromatic carbocycles. The number of carbonyl (C=O) groups excluding carboxylic acids is 2. The number of rotatable bonds is 9. The minimum atomic E-state index is -0.578. The molecule has 0 fully saturated rings. The Morgan fingerprint density at radius 3 is 2.43 bits per heavy atom. The van der Waals surface area contributed by atoms with Gasteiger partial charge in [-0.2, -0.15) is 11.8 Å². The van der Waals surface area contributed by atoms with E-state index >= 15 is 0 Å². The second kappa shape index (κ2) is 11.3. The third-order valence-corrected chi connectivity index (χ3v) is 6.09. The van der Waals surface area contributed by atoms with Gasteiger partial charge in [-0.05, 0) is 30.2 Å². The average Bonchev–Trinajstić information content (AvgIpc) is 2.71. The molecule has 0 saturated carbocycles. The number of likely N-dealkylation sites (N-methyl/N-ethyl adjacent to an activating group) is 1. The fraction of sp³-hybridized carbons (Fsp3) is 0.333. The Labute approximate surface area is 180 Å². The van der Waals surface area contributed by atoms with E-state index in [2.05, 4.69) is 17.4 Å². The van der Waals surface area contributed by atoms with Crippen LogP contribution in [0, 0.1) is 0 Å². The molecular weight excluding hydrogens is 415 g/mol. The fourth-order valence-electron chi connectivity index (χ4n) is 2.69. The molecule has 1 N–H and O–H groups in total. The number of carbonyl (C=O) groups is 2. The molecule has 0 heterocycles. The summed E-state index contributed by atoms with van der Waals surface area (Å²) in [6.45, 7) is 2.03. The van der Waals surface area contributed by atoms with Crippen molar-refractivity contribution < 1.29 is 9.59 Å². The van der Waals surface area contributed by atoms with E-state index in [1.165, 1.54) is 5.56 Å². The van der Waals surface area contributed by atoms with Crippen molar-refractivity contribution in [3.8, 4) is 0 Å². The molecule has 4 nitrogen and oxygen atoms in total. The van der Waals surface area contributed by atoms with Gasteiger partial charge in [-0.25, -0.2) is 0 Å². The molecule has 0 radical (unpaired) electrons. The highest BCUT2D eigenvalue weighted by Crippen LogP contribution is 2.24. The van der Waals surface area contributed by atoms with E-state index in [-0.39, 0.29) is 11.8 Å². The Bertz CT molecular complexity index is 802. The van der Waals surface area contributed by atoms with Crippen molar-refractivity contribution >= 4 is 46.8 Å². The average molecular weight is 439 g/mol. The van der Waals surface area contributed by atoms with Crippen LogP contribution in [0.2, 0.25) is 10.0 Å². The van der Waals surface area contributed by atoms with Gasteiger partial charge in [-0.1, -0.05) is 59.6 Å². The molecule has 2 aromatic rings. The third kappa shape index (κ3) is 6.73. The van der Waals surface area contributed by atoms with Crippen LogP contribution in [-0.2, 0) is 21.9 Å². The Morgan fingerprint density at radius 1 is 1.07 bits per heavy atom. The first-order valence-electron chi connectivity index (χ1n) is 8.99. The molecule has 1 atom stereocenters. The van der Waals surface area contributed by atoms with E-state index in [0.29, 0.717) is 28.8 Å². The van der Waals surface area contributed by atoms with Crippen molar-refractivity contribution in [2.24, 2.45) is 0 Å². The predicted octanol–water partition coefficient (Wildman–Crippen LogP) is 4.78. The highest BCUT2D eigenvalue weighted by Gasteiger charge is 2.25. The number of hydrogen-bond donors (Lipinski definition) is 1. The summed E-state index contributed by atoms with van der Waals surface area (Å²) in [5.74, 6) is 1.27. The molecular formula is C21H24Cl2N2O2S. The third-order valence-electron chi connectivity index (χ3n) is 4.32. The summed E-state index contributed by atoms with van der Waals surface area (Å²) < 4.78 is 0. The summed E-state index contributed by atoms with van der Waals surface area (Å²) in [5, 5.41) is 3.50. The van der Waals surface area contributed by atoms with E-state index in [1.807, 2.05) is 24.3 Å². The first-order valence-corrected chi connectivity index (χ1v) is 10.9. The molecule has 0 unspecified atom stereocenters. The van der Waals surface area contributed by atoms with Gasteiger partial charge < -0.3 is 10.2 Å². The zero-order valence-electron chi connectivity index (χ0n) is 16.0. The molecule has 7 heteroatoms. The lowest BCUT2D eigenvalue weighted by molar-refractivity contribution is -0.140. The summed E-state index contributed by atoms with van der Waals surface area (Å²) in [6, 6.07) is 14.8. The lowest BCUT2D eigenvalue weighted by Crippen LogP contribution is -2.46. The quantitative estimate of drug-likeness (QED) is 0.572. The summed E-state index contributed by atoms with van der Waals surface area (Å²) in [7, 11) is 1.57. The van der Waals surface area contributed by atoms with Crippen LogP contribution >= 0.6 is 35.0 Å². The van der Waals surface area contributed by atoms with Crippen molar-refractivity contribution in [2.45, 2.75) is 31.7 Å². The number of benzene rings is 2. The Hall–Kier alpha value is -1.69. The highest BCUT2D eigenvalue weighted by molar-refractivity contribution is 7.98. The van der Waals surface area contributed by atoms with Crippen molar-refractivity contribution in [1.82, 2.24) is 10.2 Å². The van der Waals surface area contributed by atoms with E-state index in [0.717, 1.165) is 11.3 Å². The first-order chi connectivity index (χ1) is 13.4. The molecule has 0 spiro atoms. The Morgan fingerprint density at radius 2 is 1.79 bits per heavy atom. The van der Waals surface area contributed by atoms with Gasteiger partial charge in [0.1, 0.15) is 6.04 Å². The van der Waals surface area contributed by atoms with Gasteiger partial charge in [-0.15, -0.1) is 0 Å². The molecule has 0 aliphatic carbocycles. The molecule has 0 aromatic heterocycles. The maximum Gasteiger partial charge on any atom is 0.242 e. The maximum atomic E-state index is 12.8. The van der Waals surface area contributed by atoms with Crippen LogP contribution in [0.1, 0.15) is 24.5 Å². The number of halogens is 2. The van der Waals surface area contributed by atoms with Crippen LogP contribution in [0.5, 0.6) is 0 Å². The number of hydrogen-bond acceptors (Lipinski definition) is 3. The van der Waals surface area contributed by atoms with Gasteiger partial charge in [-0.3, -0.25) is 9.59 Å². The lowest BCUT2D eigenvalue weighted by Gasteiger charge is -2.28. The summed E-state index contributed by atoms with van der Waals surface area (Å²) >= 11 is 13.8. The van der Waals surface area contributed by atoms with Crippen LogP contribution in [0.25, 0.3) is 0 Å². The smallest absolute Gasteiger partial charge is 0.242 e. The molecule has 0 saturated heterocycles. The number of nitrogens with zero attached hydrogens (tertiary/aromatic N) is 1. The van der Waals surface area contributed by atoms with Gasteiger partial charge >= 0.3 is 0 Å². The van der Waals surface area contributed by atoms with Gasteiger partial charge in [0.25, 0.3) is 0 Å². The van der Waals surface area contributed by atoms with Crippen molar-refractivity contribution in [1.29, 1.82) is 0 Å². The van der Waals surface area contributed by atoms with E-state index in [9.17, 15) is 9.59 Å². The normalized spacial score (nSPS) is 11.7. The second-order valence-corrected chi connectivity index (χ2v) is 8.27. The fourth-order valence-corrected chi connectivity index (χ4v) is 3.91. The highest BCUT2D eigenvalue weighted by atomic mass is 35.5. The van der Waals surface area contributed by atoms with Crippen molar-refractivity contribution in [2.75, 3.05) is 12.8 Å². The van der Waals surface area contributed by atoms with Crippen LogP contribution in [-0.4, -0.2) is 35.6 Å². The zero-order valence-corrected chi connectivity index (χ0v) is 18.3. The summed E-state index contributed by atoms with van der Waals surface area (Å²) in [6.07, 6.45) is 0.361. The largest absolute Gasteiger partial charge is 0.357 e. The number of amides is 2. The first kappa shape index (κ1) is 22.6. The Balaban J connectivity index is 1.99. The van der Waals surface area contributed by atoms with Crippen LogP contribution in [0.15, 0.2) is 48.5 Å². The number of thioether (sulfide) groups is 1. The van der Waals surface area contributed by atoms with E-state index in [4.69, 9.17) is 23.2 Å². The molecule has 28 heavy (non-hydrogen) atoms. The van der Waals surface area contributed by atoms with Crippen LogP contribution < -0.4 is 5.32 Å². The minimum Gasteiger partial charge on any atom is -0.357 e. The maximum absolute atomic E-state index is 12.8. The molecule has 0 aliphatic rings. The van der Waals surface area contributed by atoms with E-state index < -0.39 is 6.04 Å². The SMILES string of the molecule is CNC(=O)[C@@H](C)N(Cc1ccc(Cl)c(Cl)c1)C(=O)CCSCc1ccccc1. The number of nitrogens with one attached hydrogen (secondary N) is 1. The molecule has 2 rings (SSSR count). The predicted molar refractivity (Wildman–Crippen MR) is 118 cm³/mol. The van der Waals surface area contributed by atoms with Crippen LogP contribution in [0.4, 0.5) is 0 Å². The second-order valence-electron chi connectivity index (χ2n) is 6.35. The summed E-state index contributed by atoms with van der Waals surface area (Å²) in [5.41, 5.74) is 2.06. The molecule has 0 bridgehead atoms. The van der Waals surface area contributed by atoms with E-state index in [1.54, 1.807) is 42.8 Å². The Kier molecular flexibility index (Phi) is 9.16. The topological polar surface area (TPSA) is 49.4 Å². The zero-order chi connectivity index (χ0) is 20.5. The lowest BCUT2D eigenvalue weighted by atomic mass is 10.1. The van der Waals surface area contributed by atoms with Crippen molar-refractivity contribution in [3.05, 3.63) is 69.7 Å². The molecule has 0 aliphatic heterocycles. The van der Waals surface area contributed by atoms with Gasteiger partial charge in [0.15, 0.2) is 0 Å². The van der Waals surface area contributed by atoms with Crippen LogP contribution in [0.3, 0.4) is 0 Å². The molecule has 150 valence electrons. The molecule has 2 amide bonds. The minimum absolute atomic E-state index is 0.0669. The standard InChI is InChI=1S/C21H24Cl2N2O2S/c1-15(21(27)24-2)25(13-17-8-9-18(22)19(23)12-17)20(26)10-11-28-14-16-6-4-3-5-7-16/h3-9,12,15H,10-11,13-14H2,1-2H3,(H,24,27)/t15-/m1/s1. The van der Waals surface area contributed by atoms with Gasteiger partial charge in [0, 0.05) is 31.5 Å².